The predicted octanol–water partition coefficient (Wildman–Crippen LogP) is 3.18. The molecule has 3 nitrogen and oxygen atoms in total. The van der Waals surface area contributed by atoms with Gasteiger partial charge in [-0.25, -0.2) is 0 Å². The summed E-state index contributed by atoms with van der Waals surface area (Å²) in [7, 11) is 2.06. The van der Waals surface area contributed by atoms with Crippen molar-refractivity contribution in [3.8, 4) is 0 Å². The second kappa shape index (κ2) is 5.44. The number of rotatable bonds is 3. The molecule has 1 aromatic rings. The van der Waals surface area contributed by atoms with Gasteiger partial charge in [0.1, 0.15) is 0 Å². The molecule has 0 bridgehead atoms. The molecule has 4 heteroatoms. The third kappa shape index (κ3) is 2.86. The van der Waals surface area contributed by atoms with Gasteiger partial charge in [0.05, 0.1) is 10.6 Å². The number of hydrogen-bond acceptors (Lipinski definition) is 4. The Morgan fingerprint density at radius 3 is 2.35 bits per heavy atom. The molecule has 0 saturated heterocycles. The molecule has 1 N–H and O–H groups in total. The number of nitrogens with one attached hydrogen (secondary N) is 1. The normalized spacial score (nSPS) is 31.4. The lowest BCUT2D eigenvalue weighted by Crippen LogP contribution is -2.31. The minimum Gasteiger partial charge on any atom is -0.312 e. The first kappa shape index (κ1) is 13.0. The van der Waals surface area contributed by atoms with Gasteiger partial charge in [-0.15, -0.1) is 5.10 Å². The monoisotopic (exact) mass is 253 g/mol. The topological polar surface area (TPSA) is 37.8 Å². The summed E-state index contributed by atoms with van der Waals surface area (Å²) in [5, 5.41) is 7.63. The van der Waals surface area contributed by atoms with Crippen LogP contribution in [0.25, 0.3) is 0 Å². The van der Waals surface area contributed by atoms with Gasteiger partial charge in [0.25, 0.3) is 0 Å². The molecule has 3 unspecified atom stereocenters. The zero-order chi connectivity index (χ0) is 12.4. The third-order valence-corrected chi connectivity index (χ3v) is 4.88. The van der Waals surface area contributed by atoms with E-state index in [-0.39, 0.29) is 0 Å². The highest BCUT2D eigenvalue weighted by Gasteiger charge is 2.31. The lowest BCUT2D eigenvalue weighted by atomic mass is 9.73. The Morgan fingerprint density at radius 1 is 1.24 bits per heavy atom. The van der Waals surface area contributed by atoms with Crippen molar-refractivity contribution in [3.05, 3.63) is 10.6 Å². The van der Waals surface area contributed by atoms with E-state index in [9.17, 15) is 0 Å². The van der Waals surface area contributed by atoms with Gasteiger partial charge in [-0.3, -0.25) is 0 Å². The van der Waals surface area contributed by atoms with E-state index in [0.717, 1.165) is 23.4 Å². The zero-order valence-corrected chi connectivity index (χ0v) is 12.0. The van der Waals surface area contributed by atoms with Crippen LogP contribution in [0, 0.1) is 24.7 Å². The molecule has 0 amide bonds. The molecule has 1 fully saturated rings. The van der Waals surface area contributed by atoms with Crippen LogP contribution in [0.4, 0.5) is 0 Å². The number of hydrogen-bond donors (Lipinski definition) is 1. The minimum atomic E-state index is 0.445. The average molecular weight is 253 g/mol. The summed E-state index contributed by atoms with van der Waals surface area (Å²) >= 11 is 1.55. The van der Waals surface area contributed by atoms with Crippen molar-refractivity contribution in [3.63, 3.8) is 0 Å². The van der Waals surface area contributed by atoms with E-state index < -0.39 is 0 Å². The summed E-state index contributed by atoms with van der Waals surface area (Å²) in [5.41, 5.74) is 1.10. The molecule has 1 aliphatic rings. The van der Waals surface area contributed by atoms with Crippen molar-refractivity contribution in [2.75, 3.05) is 7.05 Å². The molecule has 0 radical (unpaired) electrons. The average Bonchev–Trinajstić information content (AvgIpc) is 2.65. The Balaban J connectivity index is 2.15. The maximum absolute atomic E-state index is 4.15. The van der Waals surface area contributed by atoms with Crippen molar-refractivity contribution < 1.29 is 0 Å². The van der Waals surface area contributed by atoms with Crippen LogP contribution in [0.1, 0.15) is 49.7 Å². The van der Waals surface area contributed by atoms with Gasteiger partial charge in [0, 0.05) is 6.04 Å². The van der Waals surface area contributed by atoms with Crippen molar-refractivity contribution in [2.45, 2.75) is 46.1 Å². The Hall–Kier alpha value is -0.480. The second-order valence-corrected chi connectivity index (χ2v) is 6.45. The molecule has 1 aromatic heterocycles. The highest BCUT2D eigenvalue weighted by molar-refractivity contribution is 7.05. The SMILES string of the molecule is CNC(c1snnc1C)C1CC(C)CC(C)C1. The first-order valence-electron chi connectivity index (χ1n) is 6.58. The molecule has 0 spiro atoms. The first-order chi connectivity index (χ1) is 8.11. The van der Waals surface area contributed by atoms with E-state index in [1.807, 2.05) is 0 Å². The molecule has 1 heterocycles. The summed E-state index contributed by atoms with van der Waals surface area (Å²) < 4.78 is 4.08. The van der Waals surface area contributed by atoms with Crippen LogP contribution < -0.4 is 5.32 Å². The van der Waals surface area contributed by atoms with Crippen molar-refractivity contribution in [1.82, 2.24) is 14.9 Å². The fraction of sp³-hybridized carbons (Fsp3) is 0.846. The second-order valence-electron chi connectivity index (χ2n) is 5.67. The Labute approximate surface area is 108 Å². The van der Waals surface area contributed by atoms with E-state index in [4.69, 9.17) is 0 Å². The molecule has 1 saturated carbocycles. The Bertz CT molecular complexity index is 353. The van der Waals surface area contributed by atoms with E-state index in [1.165, 1.54) is 24.1 Å². The molecular weight excluding hydrogens is 230 g/mol. The molecule has 1 aliphatic carbocycles. The van der Waals surface area contributed by atoms with Gasteiger partial charge in [-0.2, -0.15) is 0 Å². The van der Waals surface area contributed by atoms with Crippen LogP contribution in [-0.2, 0) is 0 Å². The standard InChI is InChI=1S/C13H23N3S/c1-8-5-9(2)7-11(6-8)12(14-4)13-10(3)15-16-17-13/h8-9,11-12,14H,5-7H2,1-4H3. The lowest BCUT2D eigenvalue weighted by molar-refractivity contribution is 0.181. The fourth-order valence-corrected chi connectivity index (χ4v) is 4.23. The number of aryl methyl sites for hydroxylation is 1. The van der Waals surface area contributed by atoms with Crippen molar-refractivity contribution >= 4 is 11.5 Å². The predicted molar refractivity (Wildman–Crippen MR) is 72.1 cm³/mol. The van der Waals surface area contributed by atoms with E-state index >= 15 is 0 Å². The highest BCUT2D eigenvalue weighted by Crippen LogP contribution is 2.40. The lowest BCUT2D eigenvalue weighted by Gasteiger charge is -2.36. The zero-order valence-electron chi connectivity index (χ0n) is 11.2. The van der Waals surface area contributed by atoms with Crippen LogP contribution >= 0.6 is 11.5 Å². The van der Waals surface area contributed by atoms with Crippen molar-refractivity contribution in [2.24, 2.45) is 17.8 Å². The molecule has 17 heavy (non-hydrogen) atoms. The summed E-state index contributed by atoms with van der Waals surface area (Å²) in [6, 6.07) is 0.445. The number of aromatic nitrogens is 2. The van der Waals surface area contributed by atoms with E-state index in [2.05, 4.69) is 42.7 Å². The maximum atomic E-state index is 4.15. The van der Waals surface area contributed by atoms with Crippen LogP contribution in [0.15, 0.2) is 0 Å². The molecule has 96 valence electrons. The van der Waals surface area contributed by atoms with Crippen LogP contribution in [0.3, 0.4) is 0 Å². The Morgan fingerprint density at radius 2 is 1.88 bits per heavy atom. The van der Waals surface area contributed by atoms with Gasteiger partial charge >= 0.3 is 0 Å². The minimum absolute atomic E-state index is 0.445. The molecule has 0 aromatic carbocycles. The van der Waals surface area contributed by atoms with Gasteiger partial charge in [0.15, 0.2) is 0 Å². The van der Waals surface area contributed by atoms with E-state index in [0.29, 0.717) is 6.04 Å². The maximum Gasteiger partial charge on any atom is 0.0772 e. The third-order valence-electron chi connectivity index (χ3n) is 3.97. The fourth-order valence-electron chi connectivity index (χ4n) is 3.39. The van der Waals surface area contributed by atoms with Crippen molar-refractivity contribution in [1.29, 1.82) is 0 Å². The van der Waals surface area contributed by atoms with Gasteiger partial charge in [-0.05, 0) is 62.5 Å². The van der Waals surface area contributed by atoms with Gasteiger partial charge in [-0.1, -0.05) is 18.3 Å². The smallest absolute Gasteiger partial charge is 0.0772 e. The largest absolute Gasteiger partial charge is 0.312 e. The van der Waals surface area contributed by atoms with Gasteiger partial charge in [0.2, 0.25) is 0 Å². The number of nitrogens with zero attached hydrogens (tertiary/aromatic N) is 2. The summed E-state index contributed by atoms with van der Waals surface area (Å²) in [6.07, 6.45) is 4.03. The molecule has 0 aliphatic heterocycles. The van der Waals surface area contributed by atoms with Crippen LogP contribution in [0.5, 0.6) is 0 Å². The highest BCUT2D eigenvalue weighted by atomic mass is 32.1. The summed E-state index contributed by atoms with van der Waals surface area (Å²) in [5.74, 6) is 2.43. The summed E-state index contributed by atoms with van der Waals surface area (Å²) in [6.45, 7) is 6.83. The van der Waals surface area contributed by atoms with Crippen LogP contribution in [0.2, 0.25) is 0 Å². The first-order valence-corrected chi connectivity index (χ1v) is 7.35. The molecule has 2 rings (SSSR count). The molecule has 3 atom stereocenters. The van der Waals surface area contributed by atoms with Gasteiger partial charge < -0.3 is 5.32 Å². The summed E-state index contributed by atoms with van der Waals surface area (Å²) in [4.78, 5) is 1.33. The van der Waals surface area contributed by atoms with Crippen LogP contribution in [-0.4, -0.2) is 16.6 Å². The van der Waals surface area contributed by atoms with E-state index in [1.54, 1.807) is 11.5 Å². The molecular formula is C13H23N3S. The quantitative estimate of drug-likeness (QED) is 0.899. The Kier molecular flexibility index (Phi) is 4.15.